The molecule has 0 atom stereocenters. The van der Waals surface area contributed by atoms with Crippen molar-refractivity contribution in [1.82, 2.24) is 10.3 Å². The lowest BCUT2D eigenvalue weighted by molar-refractivity contribution is 0.533. The van der Waals surface area contributed by atoms with Crippen LogP contribution in [0.4, 0.5) is 0 Å². The fraction of sp³-hybridized carbons (Fsp3) is 0.571. The van der Waals surface area contributed by atoms with Crippen LogP contribution in [0.25, 0.3) is 0 Å². The topological polar surface area (TPSA) is 58.2 Å². The van der Waals surface area contributed by atoms with Crippen LogP contribution >= 0.6 is 0 Å². The second-order valence-electron chi connectivity index (χ2n) is 4.61. The molecule has 1 aromatic carbocycles. The molecule has 19 heavy (non-hydrogen) atoms. The highest BCUT2D eigenvalue weighted by atomic mass is 32.2. The standard InChI is InChI=1S/C14H24N2O2S/c1-2-3-4-5-6-10-13-15-16-19(17,18)14-11-8-7-9-12-14/h7-9,11-12,15-16H,2-6,10,13H2,1H3. The van der Waals surface area contributed by atoms with Crippen LogP contribution in [0.2, 0.25) is 0 Å². The highest BCUT2D eigenvalue weighted by molar-refractivity contribution is 7.89. The number of sulfonamides is 1. The van der Waals surface area contributed by atoms with Crippen LogP contribution in [0, 0.1) is 0 Å². The maximum absolute atomic E-state index is 11.8. The van der Waals surface area contributed by atoms with Gasteiger partial charge in [0.05, 0.1) is 4.90 Å². The summed E-state index contributed by atoms with van der Waals surface area (Å²) >= 11 is 0. The van der Waals surface area contributed by atoms with E-state index in [1.54, 1.807) is 30.3 Å². The Balaban J connectivity index is 2.15. The summed E-state index contributed by atoms with van der Waals surface area (Å²) in [6, 6.07) is 8.37. The van der Waals surface area contributed by atoms with Gasteiger partial charge in [0.2, 0.25) is 0 Å². The van der Waals surface area contributed by atoms with Gasteiger partial charge in [0, 0.05) is 6.54 Å². The van der Waals surface area contributed by atoms with Gasteiger partial charge in [-0.25, -0.2) is 13.8 Å². The summed E-state index contributed by atoms with van der Waals surface area (Å²) < 4.78 is 23.7. The van der Waals surface area contributed by atoms with E-state index in [4.69, 9.17) is 0 Å². The van der Waals surface area contributed by atoms with Crippen molar-refractivity contribution in [2.24, 2.45) is 0 Å². The van der Waals surface area contributed by atoms with Crippen molar-refractivity contribution < 1.29 is 8.42 Å². The molecule has 108 valence electrons. The van der Waals surface area contributed by atoms with Crippen molar-refractivity contribution in [2.45, 2.75) is 50.3 Å². The van der Waals surface area contributed by atoms with Crippen molar-refractivity contribution in [3.05, 3.63) is 30.3 Å². The van der Waals surface area contributed by atoms with Crippen LogP contribution < -0.4 is 10.3 Å². The van der Waals surface area contributed by atoms with Gasteiger partial charge >= 0.3 is 0 Å². The van der Waals surface area contributed by atoms with Crippen LogP contribution in [0.5, 0.6) is 0 Å². The van der Waals surface area contributed by atoms with Crippen molar-refractivity contribution in [3.63, 3.8) is 0 Å². The Hall–Kier alpha value is -0.910. The Bertz CT molecular complexity index is 432. The first kappa shape index (κ1) is 16.1. The van der Waals surface area contributed by atoms with Crippen LogP contribution in [-0.2, 0) is 10.0 Å². The summed E-state index contributed by atoms with van der Waals surface area (Å²) in [6.45, 7) is 2.86. The summed E-state index contributed by atoms with van der Waals surface area (Å²) in [5, 5.41) is 0. The van der Waals surface area contributed by atoms with Gasteiger partial charge < -0.3 is 0 Å². The molecule has 1 rings (SSSR count). The number of hydrazine groups is 1. The molecule has 0 unspecified atom stereocenters. The number of hydrogen-bond donors (Lipinski definition) is 2. The first-order chi connectivity index (χ1) is 9.17. The quantitative estimate of drug-likeness (QED) is 0.513. The molecule has 2 N–H and O–H groups in total. The van der Waals surface area contributed by atoms with E-state index in [0.717, 1.165) is 12.8 Å². The minimum absolute atomic E-state index is 0.283. The normalized spacial score (nSPS) is 11.6. The minimum atomic E-state index is -3.42. The molecule has 0 aliphatic carbocycles. The van der Waals surface area contributed by atoms with Gasteiger partial charge in [0.15, 0.2) is 0 Å². The summed E-state index contributed by atoms with van der Waals surface area (Å²) in [7, 11) is -3.42. The molecule has 0 bridgehead atoms. The number of hydrogen-bond acceptors (Lipinski definition) is 3. The van der Waals surface area contributed by atoms with E-state index < -0.39 is 10.0 Å². The maximum atomic E-state index is 11.8. The first-order valence-electron chi connectivity index (χ1n) is 6.96. The first-order valence-corrected chi connectivity index (χ1v) is 8.45. The molecule has 0 aliphatic rings. The fourth-order valence-corrected chi connectivity index (χ4v) is 2.72. The van der Waals surface area contributed by atoms with E-state index in [2.05, 4.69) is 17.2 Å². The molecule has 0 aliphatic heterocycles. The average molecular weight is 284 g/mol. The number of nitrogens with one attached hydrogen (secondary N) is 2. The lowest BCUT2D eigenvalue weighted by Crippen LogP contribution is -2.37. The largest absolute Gasteiger partial charge is 0.253 e. The Morgan fingerprint density at radius 1 is 0.947 bits per heavy atom. The summed E-state index contributed by atoms with van der Waals surface area (Å²) in [5.41, 5.74) is 2.78. The van der Waals surface area contributed by atoms with E-state index >= 15 is 0 Å². The van der Waals surface area contributed by atoms with Crippen molar-refractivity contribution in [2.75, 3.05) is 6.54 Å². The van der Waals surface area contributed by atoms with Gasteiger partial charge in [-0.05, 0) is 18.6 Å². The lowest BCUT2D eigenvalue weighted by atomic mass is 10.1. The van der Waals surface area contributed by atoms with E-state index in [1.165, 1.54) is 25.7 Å². The van der Waals surface area contributed by atoms with Gasteiger partial charge in [-0.2, -0.15) is 0 Å². The summed E-state index contributed by atoms with van der Waals surface area (Å²) in [6.07, 6.45) is 7.15. The molecule has 0 amide bonds. The van der Waals surface area contributed by atoms with Gasteiger partial charge in [-0.15, -0.1) is 4.83 Å². The molecule has 0 aromatic heterocycles. The van der Waals surface area contributed by atoms with Gasteiger partial charge in [0.1, 0.15) is 0 Å². The van der Waals surface area contributed by atoms with E-state index in [1.807, 2.05) is 0 Å². The Morgan fingerprint density at radius 2 is 1.58 bits per heavy atom. The van der Waals surface area contributed by atoms with Crippen LogP contribution in [0.15, 0.2) is 35.2 Å². The van der Waals surface area contributed by atoms with Crippen LogP contribution in [0.3, 0.4) is 0 Å². The number of rotatable bonds is 10. The van der Waals surface area contributed by atoms with Crippen LogP contribution in [0.1, 0.15) is 45.4 Å². The molecule has 0 saturated carbocycles. The minimum Gasteiger partial charge on any atom is -0.244 e. The molecule has 0 heterocycles. The molecular formula is C14H24N2O2S. The lowest BCUT2D eigenvalue weighted by Gasteiger charge is -2.08. The Labute approximate surface area is 116 Å². The van der Waals surface area contributed by atoms with Crippen molar-refractivity contribution >= 4 is 10.0 Å². The van der Waals surface area contributed by atoms with E-state index in [0.29, 0.717) is 6.54 Å². The van der Waals surface area contributed by atoms with E-state index in [9.17, 15) is 8.42 Å². The zero-order valence-electron chi connectivity index (χ0n) is 11.6. The molecule has 1 aromatic rings. The highest BCUT2D eigenvalue weighted by Crippen LogP contribution is 2.06. The van der Waals surface area contributed by atoms with Crippen LogP contribution in [-0.4, -0.2) is 15.0 Å². The second kappa shape index (κ2) is 9.07. The third kappa shape index (κ3) is 6.71. The summed E-state index contributed by atoms with van der Waals surface area (Å²) in [4.78, 5) is 2.68. The molecule has 0 radical (unpaired) electrons. The number of benzene rings is 1. The third-order valence-electron chi connectivity index (χ3n) is 2.92. The molecular weight excluding hydrogens is 260 g/mol. The molecule has 4 nitrogen and oxygen atoms in total. The van der Waals surface area contributed by atoms with E-state index in [-0.39, 0.29) is 4.90 Å². The Morgan fingerprint density at radius 3 is 2.26 bits per heavy atom. The predicted molar refractivity (Wildman–Crippen MR) is 78.1 cm³/mol. The third-order valence-corrected chi connectivity index (χ3v) is 4.22. The van der Waals surface area contributed by atoms with Crippen molar-refractivity contribution in [1.29, 1.82) is 0 Å². The maximum Gasteiger partial charge on any atom is 0.253 e. The SMILES string of the molecule is CCCCCCCCNNS(=O)(=O)c1ccccc1. The average Bonchev–Trinajstić information content (AvgIpc) is 2.43. The molecule has 5 heteroatoms. The Kier molecular flexibility index (Phi) is 7.70. The van der Waals surface area contributed by atoms with Gasteiger partial charge in [0.25, 0.3) is 10.0 Å². The number of unbranched alkanes of at least 4 members (excludes halogenated alkanes) is 5. The smallest absolute Gasteiger partial charge is 0.244 e. The van der Waals surface area contributed by atoms with Crippen molar-refractivity contribution in [3.8, 4) is 0 Å². The second-order valence-corrected chi connectivity index (χ2v) is 6.30. The zero-order chi connectivity index (χ0) is 14.0. The van der Waals surface area contributed by atoms with Gasteiger partial charge in [-0.1, -0.05) is 57.2 Å². The van der Waals surface area contributed by atoms with Gasteiger partial charge in [-0.3, -0.25) is 0 Å². The highest BCUT2D eigenvalue weighted by Gasteiger charge is 2.11. The monoisotopic (exact) mass is 284 g/mol. The zero-order valence-corrected chi connectivity index (χ0v) is 12.4. The molecule has 0 spiro atoms. The predicted octanol–water partition coefficient (Wildman–Crippen LogP) is 2.83. The molecule has 0 saturated heterocycles. The molecule has 0 fully saturated rings. The fourth-order valence-electron chi connectivity index (χ4n) is 1.80. The summed E-state index contributed by atoms with van der Waals surface area (Å²) in [5.74, 6) is 0.